The minimum Gasteiger partial charge on any atom is -0.373 e. The summed E-state index contributed by atoms with van der Waals surface area (Å²) >= 11 is 0. The maximum Gasteiger partial charge on any atom is 0.229 e. The van der Waals surface area contributed by atoms with Gasteiger partial charge < -0.3 is 15.0 Å². The van der Waals surface area contributed by atoms with Crippen LogP contribution in [0.2, 0.25) is 0 Å². The number of hydrogen-bond acceptors (Lipinski definition) is 6. The van der Waals surface area contributed by atoms with Crippen molar-refractivity contribution < 1.29 is 4.74 Å². The lowest BCUT2D eigenvalue weighted by Crippen LogP contribution is -2.31. The van der Waals surface area contributed by atoms with Gasteiger partial charge in [-0.15, -0.1) is 0 Å². The molecule has 2 heterocycles. The minimum atomic E-state index is 0.118. The van der Waals surface area contributed by atoms with Gasteiger partial charge >= 0.3 is 0 Å². The predicted molar refractivity (Wildman–Crippen MR) is 100 cm³/mol. The largest absolute Gasteiger partial charge is 0.373 e. The zero-order valence-electron chi connectivity index (χ0n) is 15.4. The van der Waals surface area contributed by atoms with Gasteiger partial charge in [-0.05, 0) is 18.4 Å². The number of ether oxygens (including phenoxy) is 1. The normalized spacial score (nSPS) is 20.5. The first kappa shape index (κ1) is 17.6. The number of nitrogens with zero attached hydrogens (tertiary/aromatic N) is 4. The average molecular weight is 341 g/mol. The lowest BCUT2D eigenvalue weighted by Gasteiger charge is -2.30. The van der Waals surface area contributed by atoms with Crippen molar-refractivity contribution in [2.75, 3.05) is 30.9 Å². The van der Waals surface area contributed by atoms with E-state index in [0.29, 0.717) is 11.9 Å². The first-order chi connectivity index (χ1) is 12.0. The first-order valence-electron chi connectivity index (χ1n) is 8.89. The van der Waals surface area contributed by atoms with Crippen molar-refractivity contribution in [1.29, 1.82) is 0 Å². The van der Waals surface area contributed by atoms with E-state index < -0.39 is 0 Å². The molecule has 1 aromatic heterocycles. The highest BCUT2D eigenvalue weighted by atomic mass is 16.5. The van der Waals surface area contributed by atoms with Gasteiger partial charge in [-0.2, -0.15) is 15.0 Å². The summed E-state index contributed by atoms with van der Waals surface area (Å²) in [5.74, 6) is 2.41. The number of nitrogens with one attached hydrogen (secondary N) is 1. The van der Waals surface area contributed by atoms with Crippen LogP contribution in [0.4, 0.5) is 11.9 Å². The van der Waals surface area contributed by atoms with Gasteiger partial charge in [0, 0.05) is 32.7 Å². The second kappa shape index (κ2) is 7.78. The van der Waals surface area contributed by atoms with Crippen molar-refractivity contribution in [3.63, 3.8) is 0 Å². The molecule has 3 rings (SSSR count). The first-order valence-corrected chi connectivity index (χ1v) is 8.89. The Morgan fingerprint density at radius 3 is 2.56 bits per heavy atom. The van der Waals surface area contributed by atoms with Gasteiger partial charge in [0.25, 0.3) is 0 Å². The lowest BCUT2D eigenvalue weighted by atomic mass is 9.97. The van der Waals surface area contributed by atoms with E-state index in [0.717, 1.165) is 25.3 Å². The number of benzene rings is 1. The van der Waals surface area contributed by atoms with Gasteiger partial charge in [-0.3, -0.25) is 0 Å². The second-order valence-corrected chi connectivity index (χ2v) is 7.00. The van der Waals surface area contributed by atoms with Gasteiger partial charge in [-0.25, -0.2) is 0 Å². The van der Waals surface area contributed by atoms with Gasteiger partial charge in [0.15, 0.2) is 0 Å². The van der Waals surface area contributed by atoms with Gasteiger partial charge in [0.05, 0.1) is 6.10 Å². The van der Waals surface area contributed by atoms with E-state index in [2.05, 4.69) is 58.4 Å². The SMILES string of the molecule is CC(C)c1nc(NC2CCOC(c3ccccc3)C2)nc(N(C)C)n1. The Labute approximate surface area is 149 Å². The van der Waals surface area contributed by atoms with E-state index in [-0.39, 0.29) is 18.1 Å². The molecule has 134 valence electrons. The van der Waals surface area contributed by atoms with E-state index in [9.17, 15) is 0 Å². The van der Waals surface area contributed by atoms with Crippen LogP contribution in [0.15, 0.2) is 30.3 Å². The molecule has 25 heavy (non-hydrogen) atoms. The molecule has 1 saturated heterocycles. The van der Waals surface area contributed by atoms with Crippen LogP contribution in [-0.4, -0.2) is 41.7 Å². The van der Waals surface area contributed by atoms with Crippen LogP contribution in [0.25, 0.3) is 0 Å². The molecule has 1 N–H and O–H groups in total. The van der Waals surface area contributed by atoms with E-state index in [4.69, 9.17) is 4.74 Å². The molecule has 0 radical (unpaired) electrons. The molecule has 0 aliphatic carbocycles. The van der Waals surface area contributed by atoms with Crippen molar-refractivity contribution in [3.05, 3.63) is 41.7 Å². The van der Waals surface area contributed by atoms with Gasteiger partial charge in [0.2, 0.25) is 11.9 Å². The van der Waals surface area contributed by atoms with E-state index in [1.165, 1.54) is 5.56 Å². The van der Waals surface area contributed by atoms with Crippen molar-refractivity contribution in [2.45, 2.75) is 44.8 Å². The van der Waals surface area contributed by atoms with Crippen molar-refractivity contribution in [2.24, 2.45) is 0 Å². The van der Waals surface area contributed by atoms with Gasteiger partial charge in [-0.1, -0.05) is 44.2 Å². The molecular formula is C19H27N5O. The predicted octanol–water partition coefficient (Wildman–Crippen LogP) is 3.39. The van der Waals surface area contributed by atoms with Gasteiger partial charge in [0.1, 0.15) is 5.82 Å². The summed E-state index contributed by atoms with van der Waals surface area (Å²) in [6.45, 7) is 4.93. The summed E-state index contributed by atoms with van der Waals surface area (Å²) in [6, 6.07) is 10.7. The molecule has 6 heteroatoms. The maximum absolute atomic E-state index is 5.95. The highest BCUT2D eigenvalue weighted by Gasteiger charge is 2.25. The summed E-state index contributed by atoms with van der Waals surface area (Å²) in [4.78, 5) is 15.6. The molecule has 0 amide bonds. The average Bonchev–Trinajstić information content (AvgIpc) is 2.62. The number of aromatic nitrogens is 3. The number of hydrogen-bond donors (Lipinski definition) is 1. The molecule has 2 atom stereocenters. The van der Waals surface area contributed by atoms with Crippen LogP contribution in [0.3, 0.4) is 0 Å². The molecular weight excluding hydrogens is 314 g/mol. The minimum absolute atomic E-state index is 0.118. The lowest BCUT2D eigenvalue weighted by molar-refractivity contribution is 0.00969. The Morgan fingerprint density at radius 1 is 1.12 bits per heavy atom. The molecule has 1 aromatic carbocycles. The third-order valence-corrected chi connectivity index (χ3v) is 4.35. The van der Waals surface area contributed by atoms with Crippen LogP contribution < -0.4 is 10.2 Å². The summed E-state index contributed by atoms with van der Waals surface area (Å²) in [5.41, 5.74) is 1.22. The number of rotatable bonds is 5. The quantitative estimate of drug-likeness (QED) is 0.899. The summed E-state index contributed by atoms with van der Waals surface area (Å²) < 4.78 is 5.95. The molecule has 1 fully saturated rings. The van der Waals surface area contributed by atoms with Crippen molar-refractivity contribution in [3.8, 4) is 0 Å². The number of anilines is 2. The topological polar surface area (TPSA) is 63.2 Å². The Bertz CT molecular complexity index is 663. The van der Waals surface area contributed by atoms with E-state index >= 15 is 0 Å². The fraction of sp³-hybridized carbons (Fsp3) is 0.526. The highest BCUT2D eigenvalue weighted by Crippen LogP contribution is 2.29. The molecule has 0 spiro atoms. The molecule has 0 bridgehead atoms. The van der Waals surface area contributed by atoms with Crippen LogP contribution in [0.1, 0.15) is 50.1 Å². The zero-order chi connectivity index (χ0) is 17.8. The Balaban J connectivity index is 1.75. The molecule has 6 nitrogen and oxygen atoms in total. The Hall–Kier alpha value is -2.21. The summed E-state index contributed by atoms with van der Waals surface area (Å²) in [6.07, 6.45) is 1.97. The monoisotopic (exact) mass is 341 g/mol. The maximum atomic E-state index is 5.95. The fourth-order valence-electron chi connectivity index (χ4n) is 2.91. The molecule has 1 aliphatic heterocycles. The highest BCUT2D eigenvalue weighted by molar-refractivity contribution is 5.37. The molecule has 0 saturated carbocycles. The standard InChI is InChI=1S/C19H27N5O/c1-13(2)17-21-18(23-19(22-17)24(3)4)20-15-10-11-25-16(12-15)14-8-6-5-7-9-14/h5-9,13,15-16H,10-12H2,1-4H3,(H,20,21,22,23). The Kier molecular flexibility index (Phi) is 5.48. The van der Waals surface area contributed by atoms with Crippen molar-refractivity contribution in [1.82, 2.24) is 15.0 Å². The third-order valence-electron chi connectivity index (χ3n) is 4.35. The van der Waals surface area contributed by atoms with Crippen LogP contribution in [0.5, 0.6) is 0 Å². The van der Waals surface area contributed by atoms with Crippen LogP contribution in [0, 0.1) is 0 Å². The van der Waals surface area contributed by atoms with Crippen LogP contribution in [-0.2, 0) is 4.74 Å². The zero-order valence-corrected chi connectivity index (χ0v) is 15.4. The molecule has 2 unspecified atom stereocenters. The summed E-state index contributed by atoms with van der Waals surface area (Å²) in [5, 5.41) is 3.50. The van der Waals surface area contributed by atoms with E-state index in [1.807, 2.05) is 25.1 Å². The second-order valence-electron chi connectivity index (χ2n) is 7.00. The third kappa shape index (κ3) is 4.45. The summed E-state index contributed by atoms with van der Waals surface area (Å²) in [7, 11) is 3.90. The van der Waals surface area contributed by atoms with E-state index in [1.54, 1.807) is 0 Å². The molecule has 2 aromatic rings. The fourth-order valence-corrected chi connectivity index (χ4v) is 2.91. The Morgan fingerprint density at radius 2 is 1.88 bits per heavy atom. The van der Waals surface area contributed by atoms with Crippen LogP contribution >= 0.6 is 0 Å². The molecule has 1 aliphatic rings. The van der Waals surface area contributed by atoms with Crippen molar-refractivity contribution >= 4 is 11.9 Å². The smallest absolute Gasteiger partial charge is 0.229 e.